The number of imidazole rings is 1. The van der Waals surface area contributed by atoms with Gasteiger partial charge in [0.05, 0.1) is 23.8 Å². The van der Waals surface area contributed by atoms with E-state index in [-0.39, 0.29) is 5.82 Å². The Hall–Kier alpha value is -4.39. The van der Waals surface area contributed by atoms with Crippen molar-refractivity contribution in [3.63, 3.8) is 0 Å². The van der Waals surface area contributed by atoms with Gasteiger partial charge in [0.15, 0.2) is 5.65 Å². The quantitative estimate of drug-likeness (QED) is 0.457. The Morgan fingerprint density at radius 2 is 1.75 bits per heavy atom. The molecule has 3 heterocycles. The molecule has 0 atom stereocenters. The van der Waals surface area contributed by atoms with E-state index < -0.39 is 5.91 Å². The number of primary amides is 1. The second-order valence-electron chi connectivity index (χ2n) is 7.46. The van der Waals surface area contributed by atoms with Gasteiger partial charge in [-0.05, 0) is 72.1 Å². The van der Waals surface area contributed by atoms with Crippen LogP contribution in [0.4, 0.5) is 4.39 Å². The second kappa shape index (κ2) is 8.03. The number of aromatic nitrogens is 4. The van der Waals surface area contributed by atoms with Crippen LogP contribution < -0.4 is 5.73 Å². The number of amides is 1. The number of hydrogen-bond acceptors (Lipinski definition) is 4. The van der Waals surface area contributed by atoms with Gasteiger partial charge < -0.3 is 5.73 Å². The van der Waals surface area contributed by atoms with Crippen molar-refractivity contribution >= 4 is 11.6 Å². The van der Waals surface area contributed by atoms with E-state index in [2.05, 4.69) is 15.1 Å². The predicted molar refractivity (Wildman–Crippen MR) is 119 cm³/mol. The third-order valence-corrected chi connectivity index (χ3v) is 5.23. The number of pyridine rings is 1. The lowest BCUT2D eigenvalue weighted by molar-refractivity contribution is 0.1000. The molecule has 3 aromatic heterocycles. The molecule has 0 aliphatic rings. The first-order valence-electron chi connectivity index (χ1n) is 10.0. The number of carbonyl (C=O) groups excluding carboxylic acids is 1. The SMILES string of the molecule is NC(=O)c1cccc(Cc2cnn3c(-c4ccnc(-c5ccc(F)cc5)c4)cnc3c2)c1. The molecule has 0 aliphatic carbocycles. The fourth-order valence-corrected chi connectivity index (χ4v) is 3.65. The maximum atomic E-state index is 13.2. The highest BCUT2D eigenvalue weighted by Crippen LogP contribution is 2.25. The maximum Gasteiger partial charge on any atom is 0.248 e. The van der Waals surface area contributed by atoms with Crippen LogP contribution in [0.1, 0.15) is 21.5 Å². The third kappa shape index (κ3) is 3.83. The first-order valence-corrected chi connectivity index (χ1v) is 10.0. The highest BCUT2D eigenvalue weighted by molar-refractivity contribution is 5.92. The van der Waals surface area contributed by atoms with E-state index >= 15 is 0 Å². The molecule has 2 aromatic carbocycles. The highest BCUT2D eigenvalue weighted by Gasteiger charge is 2.11. The van der Waals surface area contributed by atoms with Crippen molar-refractivity contribution in [2.24, 2.45) is 5.73 Å². The molecule has 0 bridgehead atoms. The summed E-state index contributed by atoms with van der Waals surface area (Å²) >= 11 is 0. The minimum Gasteiger partial charge on any atom is -0.366 e. The van der Waals surface area contributed by atoms with Crippen LogP contribution in [0.2, 0.25) is 0 Å². The number of nitrogens with two attached hydrogens (primary N) is 1. The van der Waals surface area contributed by atoms with E-state index in [0.717, 1.165) is 33.6 Å². The minimum absolute atomic E-state index is 0.284. The lowest BCUT2D eigenvalue weighted by Gasteiger charge is -2.06. The van der Waals surface area contributed by atoms with Crippen molar-refractivity contribution in [1.29, 1.82) is 0 Å². The topological polar surface area (TPSA) is 86.2 Å². The van der Waals surface area contributed by atoms with Gasteiger partial charge in [0.25, 0.3) is 0 Å². The smallest absolute Gasteiger partial charge is 0.248 e. The standard InChI is InChI=1S/C25H18FN5O/c26-21-6-4-18(5-7-21)22-13-19(8-9-28-22)23-15-29-24-12-17(14-30-31(23)24)10-16-2-1-3-20(11-16)25(27)32/h1-9,11-15H,10H2,(H2,27,32). The maximum absolute atomic E-state index is 13.2. The van der Waals surface area contributed by atoms with Crippen molar-refractivity contribution in [3.05, 3.63) is 108 Å². The Bertz CT molecular complexity index is 1440. The summed E-state index contributed by atoms with van der Waals surface area (Å²) in [7, 11) is 0. The molecule has 0 saturated heterocycles. The molecule has 6 nitrogen and oxygen atoms in total. The van der Waals surface area contributed by atoms with Gasteiger partial charge in [-0.15, -0.1) is 0 Å². The molecule has 32 heavy (non-hydrogen) atoms. The summed E-state index contributed by atoms with van der Waals surface area (Å²) < 4.78 is 15.0. The molecule has 0 saturated carbocycles. The van der Waals surface area contributed by atoms with Gasteiger partial charge in [0.1, 0.15) is 5.82 Å². The molecule has 2 N–H and O–H groups in total. The van der Waals surface area contributed by atoms with Gasteiger partial charge in [-0.3, -0.25) is 9.78 Å². The summed E-state index contributed by atoms with van der Waals surface area (Å²) in [6.07, 6.45) is 5.88. The van der Waals surface area contributed by atoms with Crippen LogP contribution in [-0.2, 0) is 6.42 Å². The van der Waals surface area contributed by atoms with Crippen LogP contribution in [0.3, 0.4) is 0 Å². The molecular formula is C25H18FN5O. The number of nitrogens with zero attached hydrogens (tertiary/aromatic N) is 4. The third-order valence-electron chi connectivity index (χ3n) is 5.23. The molecular weight excluding hydrogens is 405 g/mol. The van der Waals surface area contributed by atoms with Crippen LogP contribution in [-0.4, -0.2) is 25.5 Å². The summed E-state index contributed by atoms with van der Waals surface area (Å²) in [5.41, 5.74) is 11.8. The molecule has 0 radical (unpaired) electrons. The van der Waals surface area contributed by atoms with E-state index in [0.29, 0.717) is 17.6 Å². The molecule has 5 aromatic rings. The van der Waals surface area contributed by atoms with Gasteiger partial charge in [0, 0.05) is 22.9 Å². The van der Waals surface area contributed by atoms with E-state index in [4.69, 9.17) is 5.73 Å². The second-order valence-corrected chi connectivity index (χ2v) is 7.46. The molecule has 0 unspecified atom stereocenters. The van der Waals surface area contributed by atoms with Crippen LogP contribution in [0.5, 0.6) is 0 Å². The number of carbonyl (C=O) groups is 1. The van der Waals surface area contributed by atoms with E-state index in [1.807, 2.05) is 30.3 Å². The van der Waals surface area contributed by atoms with E-state index in [1.165, 1.54) is 12.1 Å². The largest absolute Gasteiger partial charge is 0.366 e. The van der Waals surface area contributed by atoms with Crippen molar-refractivity contribution in [2.75, 3.05) is 0 Å². The molecule has 1 amide bonds. The van der Waals surface area contributed by atoms with Gasteiger partial charge in [0.2, 0.25) is 5.91 Å². The number of halogens is 1. The molecule has 7 heteroatoms. The van der Waals surface area contributed by atoms with Crippen molar-refractivity contribution < 1.29 is 9.18 Å². The lowest BCUT2D eigenvalue weighted by atomic mass is 10.0. The van der Waals surface area contributed by atoms with E-state index in [1.54, 1.807) is 47.4 Å². The summed E-state index contributed by atoms with van der Waals surface area (Å²) in [6, 6.07) is 19.3. The molecule has 0 spiro atoms. The summed E-state index contributed by atoms with van der Waals surface area (Å²) in [5, 5.41) is 4.58. The number of hydrogen-bond donors (Lipinski definition) is 1. The predicted octanol–water partition coefficient (Wildman–Crippen LogP) is 4.29. The van der Waals surface area contributed by atoms with Crippen molar-refractivity contribution in [3.8, 4) is 22.5 Å². The van der Waals surface area contributed by atoms with E-state index in [9.17, 15) is 9.18 Å². The zero-order chi connectivity index (χ0) is 22.1. The zero-order valence-electron chi connectivity index (χ0n) is 16.9. The highest BCUT2D eigenvalue weighted by atomic mass is 19.1. The zero-order valence-corrected chi connectivity index (χ0v) is 16.9. The Morgan fingerprint density at radius 1 is 0.906 bits per heavy atom. The lowest BCUT2D eigenvalue weighted by Crippen LogP contribution is -2.11. The Balaban J connectivity index is 1.46. The fourth-order valence-electron chi connectivity index (χ4n) is 3.65. The van der Waals surface area contributed by atoms with Gasteiger partial charge in [-0.25, -0.2) is 13.9 Å². The fraction of sp³-hybridized carbons (Fsp3) is 0.0400. The summed E-state index contributed by atoms with van der Waals surface area (Å²) in [6.45, 7) is 0. The van der Waals surface area contributed by atoms with Gasteiger partial charge in [-0.2, -0.15) is 5.10 Å². The van der Waals surface area contributed by atoms with Crippen LogP contribution in [0.25, 0.3) is 28.2 Å². The molecule has 0 fully saturated rings. The number of rotatable bonds is 5. The summed E-state index contributed by atoms with van der Waals surface area (Å²) in [4.78, 5) is 20.3. The van der Waals surface area contributed by atoms with Gasteiger partial charge in [-0.1, -0.05) is 12.1 Å². The summed E-state index contributed by atoms with van der Waals surface area (Å²) in [5.74, 6) is -0.733. The first kappa shape index (κ1) is 19.6. The first-order chi connectivity index (χ1) is 15.6. The molecule has 0 aliphatic heterocycles. The monoisotopic (exact) mass is 423 g/mol. The molecule has 156 valence electrons. The minimum atomic E-state index is -0.448. The van der Waals surface area contributed by atoms with Crippen LogP contribution in [0, 0.1) is 5.82 Å². The average molecular weight is 423 g/mol. The number of benzene rings is 2. The molecule has 5 rings (SSSR count). The Labute approximate surface area is 183 Å². The van der Waals surface area contributed by atoms with Crippen molar-refractivity contribution in [2.45, 2.75) is 6.42 Å². The van der Waals surface area contributed by atoms with Crippen molar-refractivity contribution in [1.82, 2.24) is 19.6 Å². The average Bonchev–Trinajstić information content (AvgIpc) is 3.23. The van der Waals surface area contributed by atoms with Gasteiger partial charge >= 0.3 is 0 Å². The Morgan fingerprint density at radius 3 is 2.56 bits per heavy atom. The van der Waals surface area contributed by atoms with Crippen LogP contribution in [0.15, 0.2) is 85.3 Å². The normalized spacial score (nSPS) is 11.0. The number of fused-ring (bicyclic) bond motifs is 1. The van der Waals surface area contributed by atoms with Crippen LogP contribution >= 0.6 is 0 Å². The Kier molecular flexibility index (Phi) is 4.91.